The minimum absolute atomic E-state index is 0.0953. The molecule has 0 fully saturated rings. The number of nitrogens with one attached hydrogen (secondary N) is 2. The van der Waals surface area contributed by atoms with Gasteiger partial charge in [0.15, 0.2) is 17.3 Å². The first kappa shape index (κ1) is 19.3. The molecule has 0 unspecified atom stereocenters. The van der Waals surface area contributed by atoms with E-state index >= 15 is 0 Å². The molecule has 2 N–H and O–H groups in total. The van der Waals surface area contributed by atoms with Crippen molar-refractivity contribution in [1.82, 2.24) is 15.0 Å². The van der Waals surface area contributed by atoms with Crippen molar-refractivity contribution in [3.05, 3.63) is 72.8 Å². The summed E-state index contributed by atoms with van der Waals surface area (Å²) in [5.41, 5.74) is 1.51. The second-order valence-electron chi connectivity index (χ2n) is 6.91. The van der Waals surface area contributed by atoms with E-state index in [4.69, 9.17) is 9.47 Å². The van der Waals surface area contributed by atoms with Crippen molar-refractivity contribution < 1.29 is 14.3 Å². The summed E-state index contributed by atoms with van der Waals surface area (Å²) in [5.74, 6) is 0.638. The van der Waals surface area contributed by atoms with E-state index in [-0.39, 0.29) is 16.8 Å². The number of H-pyrrole nitrogens is 2. The van der Waals surface area contributed by atoms with Crippen molar-refractivity contribution in [2.45, 2.75) is 0 Å². The van der Waals surface area contributed by atoms with E-state index in [0.29, 0.717) is 49.5 Å². The topological polar surface area (TPSA) is 114 Å². The number of aromatic amines is 2. The van der Waals surface area contributed by atoms with Crippen molar-refractivity contribution >= 4 is 32.7 Å². The van der Waals surface area contributed by atoms with Gasteiger partial charge in [-0.3, -0.25) is 19.6 Å². The van der Waals surface area contributed by atoms with Crippen LogP contribution in [0.3, 0.4) is 0 Å². The highest BCUT2D eigenvalue weighted by molar-refractivity contribution is 9.10. The standard InChI is InChI=1S/C22H14BrN3O5/c1-30-13-8-9(7-12(23)19(13)31-2)14-15-17(10-5-3-4-6-11(10)18(15)27)24-20-16(14)21(28)26-22(29)25-20/h3-8H,1-2H3,(H2,24,25,26,28,29). The Hall–Kier alpha value is -3.72. The molecule has 0 amide bonds. The molecule has 0 spiro atoms. The molecular weight excluding hydrogens is 466 g/mol. The molecule has 0 aliphatic heterocycles. The Balaban J connectivity index is 1.99. The number of hydrogen-bond acceptors (Lipinski definition) is 6. The molecule has 5 rings (SSSR count). The number of nitrogens with zero attached hydrogens (tertiary/aromatic N) is 1. The molecule has 9 heteroatoms. The Bertz CT molecular complexity index is 1540. The molecule has 8 nitrogen and oxygen atoms in total. The van der Waals surface area contributed by atoms with Gasteiger partial charge < -0.3 is 9.47 Å². The van der Waals surface area contributed by atoms with E-state index in [9.17, 15) is 14.4 Å². The van der Waals surface area contributed by atoms with E-state index in [0.717, 1.165) is 0 Å². The summed E-state index contributed by atoms with van der Waals surface area (Å²) in [6.45, 7) is 0. The van der Waals surface area contributed by atoms with Gasteiger partial charge in [0.25, 0.3) is 5.56 Å². The molecule has 1 aliphatic carbocycles. The second-order valence-corrected chi connectivity index (χ2v) is 7.76. The van der Waals surface area contributed by atoms with E-state index in [1.165, 1.54) is 14.2 Å². The Morgan fingerprint density at radius 3 is 2.39 bits per heavy atom. The molecule has 0 bridgehead atoms. The van der Waals surface area contributed by atoms with Crippen molar-refractivity contribution in [2.75, 3.05) is 14.2 Å². The zero-order chi connectivity index (χ0) is 21.9. The minimum Gasteiger partial charge on any atom is -0.493 e. The number of ether oxygens (including phenoxy) is 2. The zero-order valence-electron chi connectivity index (χ0n) is 16.3. The fourth-order valence-corrected chi connectivity index (χ4v) is 4.59. The van der Waals surface area contributed by atoms with Crippen molar-refractivity contribution in [1.29, 1.82) is 0 Å². The van der Waals surface area contributed by atoms with Gasteiger partial charge in [0.05, 0.1) is 35.3 Å². The predicted octanol–water partition coefficient (Wildman–Crippen LogP) is 3.27. The molecule has 31 heavy (non-hydrogen) atoms. The molecule has 0 saturated heterocycles. The Kier molecular flexibility index (Phi) is 4.30. The van der Waals surface area contributed by atoms with Crippen molar-refractivity contribution in [3.63, 3.8) is 0 Å². The molecule has 0 saturated carbocycles. The van der Waals surface area contributed by atoms with E-state index in [1.54, 1.807) is 36.4 Å². The van der Waals surface area contributed by atoms with Gasteiger partial charge in [0.2, 0.25) is 0 Å². The van der Waals surface area contributed by atoms with E-state index in [1.807, 2.05) is 0 Å². The Labute approximate surface area is 183 Å². The lowest BCUT2D eigenvalue weighted by Crippen LogP contribution is -2.23. The van der Waals surface area contributed by atoms with Crippen LogP contribution in [0.4, 0.5) is 0 Å². The van der Waals surface area contributed by atoms with Gasteiger partial charge >= 0.3 is 5.69 Å². The molecule has 2 aromatic heterocycles. The van der Waals surface area contributed by atoms with Gasteiger partial charge in [-0.2, -0.15) is 0 Å². The third kappa shape index (κ3) is 2.73. The molecular formula is C22H14BrN3O5. The summed E-state index contributed by atoms with van der Waals surface area (Å²) in [5, 5.41) is 0.110. The zero-order valence-corrected chi connectivity index (χ0v) is 17.9. The third-order valence-corrected chi connectivity index (χ3v) is 5.85. The van der Waals surface area contributed by atoms with Crippen LogP contribution in [0.5, 0.6) is 11.5 Å². The molecule has 1 aliphatic rings. The lowest BCUT2D eigenvalue weighted by atomic mass is 9.95. The van der Waals surface area contributed by atoms with Gasteiger partial charge in [-0.1, -0.05) is 24.3 Å². The fraction of sp³-hybridized carbons (Fsp3) is 0.0909. The quantitative estimate of drug-likeness (QED) is 0.410. The number of pyridine rings is 1. The monoisotopic (exact) mass is 479 g/mol. The van der Waals surface area contributed by atoms with Gasteiger partial charge in [0.1, 0.15) is 5.65 Å². The number of carbonyl (C=O) groups is 1. The highest BCUT2D eigenvalue weighted by atomic mass is 79.9. The lowest BCUT2D eigenvalue weighted by molar-refractivity contribution is 0.104. The summed E-state index contributed by atoms with van der Waals surface area (Å²) < 4.78 is 11.4. The van der Waals surface area contributed by atoms with Crippen LogP contribution in [-0.4, -0.2) is 35.0 Å². The maximum Gasteiger partial charge on any atom is 0.327 e. The smallest absolute Gasteiger partial charge is 0.327 e. The van der Waals surface area contributed by atoms with E-state index < -0.39 is 11.2 Å². The van der Waals surface area contributed by atoms with Crippen LogP contribution in [0.1, 0.15) is 15.9 Å². The van der Waals surface area contributed by atoms with Crippen LogP contribution in [-0.2, 0) is 0 Å². The van der Waals surface area contributed by atoms with Gasteiger partial charge in [-0.25, -0.2) is 9.78 Å². The van der Waals surface area contributed by atoms with E-state index in [2.05, 4.69) is 30.9 Å². The normalized spacial score (nSPS) is 12.0. The first-order valence-corrected chi connectivity index (χ1v) is 10.00. The average molecular weight is 480 g/mol. The van der Waals surface area contributed by atoms with Crippen LogP contribution in [0, 0.1) is 0 Å². The number of benzene rings is 2. The summed E-state index contributed by atoms with van der Waals surface area (Å²) >= 11 is 3.47. The summed E-state index contributed by atoms with van der Waals surface area (Å²) in [6.07, 6.45) is 0. The van der Waals surface area contributed by atoms with Crippen LogP contribution in [0.2, 0.25) is 0 Å². The SMILES string of the molecule is COc1cc(-c2c3c(nc4[nH]c(=O)[nH]c(=O)c24)-c2ccccc2C3=O)cc(Br)c1OC. The van der Waals surface area contributed by atoms with Gasteiger partial charge in [0, 0.05) is 16.7 Å². The first-order chi connectivity index (χ1) is 14.9. The predicted molar refractivity (Wildman–Crippen MR) is 118 cm³/mol. The van der Waals surface area contributed by atoms with Gasteiger partial charge in [-0.15, -0.1) is 0 Å². The molecule has 0 radical (unpaired) electrons. The average Bonchev–Trinajstić information content (AvgIpc) is 3.03. The third-order valence-electron chi connectivity index (χ3n) is 5.26. The highest BCUT2D eigenvalue weighted by Gasteiger charge is 2.33. The molecule has 154 valence electrons. The van der Waals surface area contributed by atoms with Crippen molar-refractivity contribution in [2.24, 2.45) is 0 Å². The Morgan fingerprint density at radius 2 is 1.68 bits per heavy atom. The number of halogens is 1. The van der Waals surface area contributed by atoms with Crippen LogP contribution in [0.15, 0.2) is 50.5 Å². The largest absolute Gasteiger partial charge is 0.493 e. The summed E-state index contributed by atoms with van der Waals surface area (Å²) in [4.78, 5) is 47.5. The van der Waals surface area contributed by atoms with Crippen LogP contribution >= 0.6 is 15.9 Å². The first-order valence-electron chi connectivity index (χ1n) is 9.21. The number of rotatable bonds is 3. The van der Waals surface area contributed by atoms with Crippen LogP contribution < -0.4 is 20.7 Å². The Morgan fingerprint density at radius 1 is 0.935 bits per heavy atom. The van der Waals surface area contributed by atoms with Crippen molar-refractivity contribution in [3.8, 4) is 33.9 Å². The highest BCUT2D eigenvalue weighted by Crippen LogP contribution is 2.46. The second kappa shape index (κ2) is 6.92. The van der Waals surface area contributed by atoms with Gasteiger partial charge in [-0.05, 0) is 33.6 Å². The summed E-state index contributed by atoms with van der Waals surface area (Å²) in [7, 11) is 3.01. The fourth-order valence-electron chi connectivity index (χ4n) is 3.99. The molecule has 2 heterocycles. The molecule has 2 aromatic carbocycles. The number of aromatic nitrogens is 3. The summed E-state index contributed by atoms with van der Waals surface area (Å²) in [6, 6.07) is 10.5. The number of carbonyl (C=O) groups excluding carboxylic acids is 1. The maximum absolute atomic E-state index is 13.4. The maximum atomic E-state index is 13.4. The van der Waals surface area contributed by atoms with Crippen LogP contribution in [0.25, 0.3) is 33.4 Å². The molecule has 4 aromatic rings. The molecule has 0 atom stereocenters. The number of hydrogen-bond donors (Lipinski definition) is 2. The number of methoxy groups -OCH3 is 2. The lowest BCUT2D eigenvalue weighted by Gasteiger charge is -2.15. The number of fused-ring (bicyclic) bond motifs is 4. The number of ketones is 1. The minimum atomic E-state index is -0.679.